The minimum Gasteiger partial charge on any atom is -0.497 e. The first-order valence-electron chi connectivity index (χ1n) is 12.8. The summed E-state index contributed by atoms with van der Waals surface area (Å²) in [6, 6.07) is 16.6. The number of methoxy groups -OCH3 is 3. The highest BCUT2D eigenvalue weighted by Gasteiger charge is 2.42. The highest BCUT2D eigenvalue weighted by atomic mass is 16.5. The van der Waals surface area contributed by atoms with Gasteiger partial charge in [-0.05, 0) is 80.3 Å². The first kappa shape index (κ1) is 26.2. The van der Waals surface area contributed by atoms with Crippen molar-refractivity contribution in [1.82, 2.24) is 5.32 Å². The quantitative estimate of drug-likeness (QED) is 0.411. The average Bonchev–Trinajstić information content (AvgIpc) is 3.37. The zero-order valence-corrected chi connectivity index (χ0v) is 22.7. The molecule has 2 heterocycles. The Hall–Kier alpha value is -4.46. The molecular formula is C31H32N2O6. The SMILES string of the molecule is COc1ccc(NC(=O)C2=C(C)NC3=C(C(=O)C[C@H](c4ccc(OC)c(OC)c4)C3)[C@H]2c2ccc(C)o2)cc1. The van der Waals surface area contributed by atoms with Crippen molar-refractivity contribution in [2.75, 3.05) is 26.6 Å². The molecule has 8 heteroatoms. The summed E-state index contributed by atoms with van der Waals surface area (Å²) in [4.78, 5) is 27.5. The smallest absolute Gasteiger partial charge is 0.254 e. The molecule has 0 spiro atoms. The van der Waals surface area contributed by atoms with E-state index in [2.05, 4.69) is 10.6 Å². The van der Waals surface area contributed by atoms with E-state index >= 15 is 0 Å². The Morgan fingerprint density at radius 1 is 0.923 bits per heavy atom. The minimum atomic E-state index is -0.618. The lowest BCUT2D eigenvalue weighted by atomic mass is 9.73. The number of nitrogens with one attached hydrogen (secondary N) is 2. The zero-order valence-electron chi connectivity index (χ0n) is 22.7. The Kier molecular flexibility index (Phi) is 7.19. The second-order valence-corrected chi connectivity index (χ2v) is 9.76. The lowest BCUT2D eigenvalue weighted by Crippen LogP contribution is -2.37. The average molecular weight is 529 g/mol. The third-order valence-electron chi connectivity index (χ3n) is 7.34. The van der Waals surface area contributed by atoms with Crippen LogP contribution in [0.4, 0.5) is 5.69 Å². The summed E-state index contributed by atoms with van der Waals surface area (Å²) in [7, 11) is 4.78. The number of carbonyl (C=O) groups is 2. The van der Waals surface area contributed by atoms with Crippen molar-refractivity contribution in [1.29, 1.82) is 0 Å². The van der Waals surface area contributed by atoms with Gasteiger partial charge in [0, 0.05) is 29.1 Å². The van der Waals surface area contributed by atoms with Crippen molar-refractivity contribution >= 4 is 17.4 Å². The van der Waals surface area contributed by atoms with Crippen molar-refractivity contribution in [2.24, 2.45) is 0 Å². The summed E-state index contributed by atoms with van der Waals surface area (Å²) in [5, 5.41) is 6.38. The number of amides is 1. The number of ether oxygens (including phenoxy) is 3. The molecule has 3 aromatic rings. The van der Waals surface area contributed by atoms with Gasteiger partial charge < -0.3 is 29.3 Å². The number of hydrogen-bond acceptors (Lipinski definition) is 7. The molecule has 1 amide bonds. The van der Waals surface area contributed by atoms with E-state index in [-0.39, 0.29) is 17.6 Å². The van der Waals surface area contributed by atoms with Gasteiger partial charge in [-0.2, -0.15) is 0 Å². The van der Waals surface area contributed by atoms with Crippen LogP contribution in [0, 0.1) is 6.92 Å². The van der Waals surface area contributed by atoms with Gasteiger partial charge in [0.15, 0.2) is 17.3 Å². The number of furan rings is 1. The van der Waals surface area contributed by atoms with Gasteiger partial charge in [0.05, 0.1) is 32.8 Å². The van der Waals surface area contributed by atoms with Crippen LogP contribution in [0.1, 0.15) is 48.7 Å². The first-order valence-corrected chi connectivity index (χ1v) is 12.8. The maximum absolute atomic E-state index is 13.8. The molecule has 2 N–H and O–H groups in total. The van der Waals surface area contributed by atoms with Gasteiger partial charge in [-0.25, -0.2) is 0 Å². The molecule has 1 aliphatic heterocycles. The fourth-order valence-electron chi connectivity index (χ4n) is 5.45. The molecule has 0 radical (unpaired) electrons. The fraction of sp³-hybridized carbons (Fsp3) is 0.290. The maximum Gasteiger partial charge on any atom is 0.254 e. The molecule has 1 aromatic heterocycles. The van der Waals surface area contributed by atoms with Crippen LogP contribution in [-0.2, 0) is 9.59 Å². The first-order chi connectivity index (χ1) is 18.8. The summed E-state index contributed by atoms with van der Waals surface area (Å²) < 4.78 is 22.1. The van der Waals surface area contributed by atoms with E-state index in [0.29, 0.717) is 64.1 Å². The number of aryl methyl sites for hydroxylation is 1. The van der Waals surface area contributed by atoms with Crippen LogP contribution < -0.4 is 24.8 Å². The molecule has 5 rings (SSSR count). The van der Waals surface area contributed by atoms with Gasteiger partial charge in [-0.1, -0.05) is 6.07 Å². The molecule has 2 aliphatic rings. The van der Waals surface area contributed by atoms with Crippen molar-refractivity contribution in [3.8, 4) is 17.2 Å². The summed E-state index contributed by atoms with van der Waals surface area (Å²) in [6.07, 6.45) is 0.913. The van der Waals surface area contributed by atoms with Gasteiger partial charge in [-0.3, -0.25) is 9.59 Å². The molecule has 0 unspecified atom stereocenters. The maximum atomic E-state index is 13.8. The standard InChI is InChI=1S/C31H32N2O6/c1-17-6-12-26(39-17)30-28(31(35)33-21-8-10-22(36-3)11-9-21)18(2)32-23-14-20(15-24(34)29(23)30)19-7-13-25(37-4)27(16-19)38-5/h6-13,16,20,30,32H,14-15H2,1-5H3,(H,33,35)/t20-,30+/m1/s1. The number of rotatable bonds is 7. The molecular weight excluding hydrogens is 496 g/mol. The third kappa shape index (κ3) is 5.02. The summed E-state index contributed by atoms with van der Waals surface area (Å²) in [5.41, 5.74) is 4.13. The Bertz CT molecular complexity index is 1480. The molecule has 202 valence electrons. The van der Waals surface area contributed by atoms with Crippen LogP contribution in [0.2, 0.25) is 0 Å². The lowest BCUT2D eigenvalue weighted by Gasteiger charge is -2.36. The molecule has 2 atom stereocenters. The van der Waals surface area contributed by atoms with Gasteiger partial charge in [0.2, 0.25) is 0 Å². The number of dihydropyridines is 1. The molecule has 2 aromatic carbocycles. The molecule has 0 saturated carbocycles. The van der Waals surface area contributed by atoms with E-state index in [4.69, 9.17) is 18.6 Å². The normalized spacial score (nSPS) is 18.8. The predicted octanol–water partition coefficient (Wildman–Crippen LogP) is 5.61. The molecule has 8 nitrogen and oxygen atoms in total. The van der Waals surface area contributed by atoms with Gasteiger partial charge >= 0.3 is 0 Å². The minimum absolute atomic E-state index is 0.0233. The number of hydrogen-bond donors (Lipinski definition) is 2. The Morgan fingerprint density at radius 3 is 2.31 bits per heavy atom. The number of ketones is 1. The van der Waals surface area contributed by atoms with E-state index in [1.165, 1.54) is 0 Å². The van der Waals surface area contributed by atoms with Crippen molar-refractivity contribution < 1.29 is 28.2 Å². The monoisotopic (exact) mass is 528 g/mol. The molecule has 39 heavy (non-hydrogen) atoms. The molecule has 0 saturated heterocycles. The summed E-state index contributed by atoms with van der Waals surface area (Å²) in [5.74, 6) is 2.24. The third-order valence-corrected chi connectivity index (χ3v) is 7.34. The molecule has 1 aliphatic carbocycles. The van der Waals surface area contributed by atoms with E-state index in [1.54, 1.807) is 45.6 Å². The largest absolute Gasteiger partial charge is 0.497 e. The van der Waals surface area contributed by atoms with Crippen LogP contribution in [0.15, 0.2) is 81.6 Å². The topological polar surface area (TPSA) is 99.0 Å². The van der Waals surface area contributed by atoms with Crippen LogP contribution >= 0.6 is 0 Å². The van der Waals surface area contributed by atoms with Gasteiger partial charge in [0.25, 0.3) is 5.91 Å². The number of allylic oxidation sites excluding steroid dienone is 3. The van der Waals surface area contributed by atoms with Crippen LogP contribution in [-0.4, -0.2) is 33.0 Å². The van der Waals surface area contributed by atoms with Crippen molar-refractivity contribution in [3.05, 3.63) is 94.2 Å². The molecule has 0 bridgehead atoms. The van der Waals surface area contributed by atoms with Crippen LogP contribution in [0.3, 0.4) is 0 Å². The molecule has 0 fully saturated rings. The van der Waals surface area contributed by atoms with Crippen LogP contribution in [0.25, 0.3) is 0 Å². The highest BCUT2D eigenvalue weighted by Crippen LogP contribution is 2.46. The summed E-state index contributed by atoms with van der Waals surface area (Å²) in [6.45, 7) is 3.71. The highest BCUT2D eigenvalue weighted by molar-refractivity contribution is 6.09. The van der Waals surface area contributed by atoms with Gasteiger partial charge in [-0.15, -0.1) is 0 Å². The number of benzene rings is 2. The Balaban J connectivity index is 1.50. The van der Waals surface area contributed by atoms with Crippen molar-refractivity contribution in [3.63, 3.8) is 0 Å². The number of Topliss-reactive ketones (excluding diaryl/α,β-unsaturated/α-hetero) is 1. The predicted molar refractivity (Wildman–Crippen MR) is 147 cm³/mol. The van der Waals surface area contributed by atoms with E-state index < -0.39 is 5.92 Å². The number of carbonyl (C=O) groups excluding carboxylic acids is 2. The van der Waals surface area contributed by atoms with E-state index in [9.17, 15) is 9.59 Å². The second kappa shape index (κ2) is 10.7. The number of anilines is 1. The van der Waals surface area contributed by atoms with Crippen LogP contribution in [0.5, 0.6) is 17.2 Å². The Morgan fingerprint density at radius 2 is 1.67 bits per heavy atom. The van der Waals surface area contributed by atoms with E-state index in [0.717, 1.165) is 11.3 Å². The summed E-state index contributed by atoms with van der Waals surface area (Å²) >= 11 is 0. The fourth-order valence-corrected chi connectivity index (χ4v) is 5.45. The van der Waals surface area contributed by atoms with E-state index in [1.807, 2.05) is 44.2 Å². The van der Waals surface area contributed by atoms with Crippen molar-refractivity contribution in [2.45, 2.75) is 38.5 Å². The van der Waals surface area contributed by atoms with Gasteiger partial charge in [0.1, 0.15) is 17.3 Å². The zero-order chi connectivity index (χ0) is 27.7. The lowest BCUT2D eigenvalue weighted by molar-refractivity contribution is -0.116. The Labute approximate surface area is 227 Å². The second-order valence-electron chi connectivity index (χ2n) is 9.76.